The van der Waals surface area contributed by atoms with E-state index in [9.17, 15) is 14.7 Å². The van der Waals surface area contributed by atoms with Gasteiger partial charge in [-0.25, -0.2) is 0 Å². The molecule has 0 aliphatic rings. The van der Waals surface area contributed by atoms with Crippen LogP contribution in [0.15, 0.2) is 23.0 Å². The standard InChI is InChI=1S/C16H17ClN2O4/c1-8-4-9(2)19-16(22)11(8)7-18-15(21)10-5-12(17)14(20)13(6-10)23-3/h4-6,20H,7H2,1-3H3,(H,18,21)(H,19,22). The number of phenolic OH excluding ortho intramolecular Hbond substituents is 1. The van der Waals surface area contributed by atoms with Crippen molar-refractivity contribution in [2.45, 2.75) is 20.4 Å². The molecule has 1 amide bonds. The number of methoxy groups -OCH3 is 1. The summed E-state index contributed by atoms with van der Waals surface area (Å²) in [6.45, 7) is 3.69. The first-order valence-electron chi connectivity index (χ1n) is 6.87. The number of rotatable bonds is 4. The van der Waals surface area contributed by atoms with E-state index in [1.54, 1.807) is 6.92 Å². The van der Waals surface area contributed by atoms with E-state index >= 15 is 0 Å². The van der Waals surface area contributed by atoms with E-state index in [4.69, 9.17) is 16.3 Å². The van der Waals surface area contributed by atoms with Crippen LogP contribution in [0.5, 0.6) is 11.5 Å². The van der Waals surface area contributed by atoms with Gasteiger partial charge in [0.2, 0.25) is 0 Å². The molecule has 3 N–H and O–H groups in total. The summed E-state index contributed by atoms with van der Waals surface area (Å²) >= 11 is 5.86. The topological polar surface area (TPSA) is 91.4 Å². The predicted octanol–water partition coefficient (Wildman–Crippen LogP) is 2.29. The third kappa shape index (κ3) is 3.65. The van der Waals surface area contributed by atoms with Gasteiger partial charge in [0, 0.05) is 23.4 Å². The van der Waals surface area contributed by atoms with E-state index < -0.39 is 5.91 Å². The monoisotopic (exact) mass is 336 g/mol. The number of aromatic amines is 1. The molecule has 0 radical (unpaired) electrons. The van der Waals surface area contributed by atoms with Crippen LogP contribution in [0.25, 0.3) is 0 Å². The lowest BCUT2D eigenvalue weighted by Gasteiger charge is -2.10. The second kappa shape index (κ2) is 6.75. The van der Waals surface area contributed by atoms with Crippen LogP contribution >= 0.6 is 11.6 Å². The molecule has 23 heavy (non-hydrogen) atoms. The summed E-state index contributed by atoms with van der Waals surface area (Å²) in [6.07, 6.45) is 0. The van der Waals surface area contributed by atoms with Gasteiger partial charge in [-0.1, -0.05) is 11.6 Å². The lowest BCUT2D eigenvalue weighted by atomic mass is 10.1. The number of aryl methyl sites for hydroxylation is 2. The van der Waals surface area contributed by atoms with Crippen molar-refractivity contribution in [3.05, 3.63) is 56.0 Å². The minimum Gasteiger partial charge on any atom is -0.503 e. The fraction of sp³-hybridized carbons (Fsp3) is 0.250. The second-order valence-electron chi connectivity index (χ2n) is 5.13. The number of carbonyl (C=O) groups excluding carboxylic acids is 1. The van der Waals surface area contributed by atoms with Crippen molar-refractivity contribution in [3.63, 3.8) is 0 Å². The van der Waals surface area contributed by atoms with Crippen molar-refractivity contribution in [2.24, 2.45) is 0 Å². The van der Waals surface area contributed by atoms with Gasteiger partial charge < -0.3 is 20.1 Å². The molecule has 0 saturated heterocycles. The van der Waals surface area contributed by atoms with Gasteiger partial charge in [-0.15, -0.1) is 0 Å². The third-order valence-electron chi connectivity index (χ3n) is 3.43. The van der Waals surface area contributed by atoms with E-state index in [1.807, 2.05) is 13.0 Å². The van der Waals surface area contributed by atoms with Crippen molar-refractivity contribution >= 4 is 17.5 Å². The van der Waals surface area contributed by atoms with Crippen LogP contribution in [0.2, 0.25) is 5.02 Å². The highest BCUT2D eigenvalue weighted by molar-refractivity contribution is 6.32. The molecule has 0 aliphatic heterocycles. The van der Waals surface area contributed by atoms with Crippen molar-refractivity contribution in [1.29, 1.82) is 0 Å². The molecule has 0 fully saturated rings. The molecule has 2 aromatic rings. The summed E-state index contributed by atoms with van der Waals surface area (Å²) in [5, 5.41) is 12.3. The number of hydrogen-bond donors (Lipinski definition) is 3. The number of hydrogen-bond acceptors (Lipinski definition) is 4. The number of pyridine rings is 1. The highest BCUT2D eigenvalue weighted by Crippen LogP contribution is 2.34. The first-order valence-corrected chi connectivity index (χ1v) is 7.25. The molecule has 2 rings (SSSR count). The van der Waals surface area contributed by atoms with Gasteiger partial charge in [0.25, 0.3) is 11.5 Å². The lowest BCUT2D eigenvalue weighted by molar-refractivity contribution is 0.0950. The second-order valence-corrected chi connectivity index (χ2v) is 5.54. The van der Waals surface area contributed by atoms with E-state index in [-0.39, 0.29) is 34.2 Å². The predicted molar refractivity (Wildman–Crippen MR) is 87.4 cm³/mol. The van der Waals surface area contributed by atoms with Crippen LogP contribution in [0, 0.1) is 13.8 Å². The SMILES string of the molecule is COc1cc(C(=O)NCc2c(C)cc(C)[nH]c2=O)cc(Cl)c1O. The number of H-pyrrole nitrogens is 1. The highest BCUT2D eigenvalue weighted by atomic mass is 35.5. The van der Waals surface area contributed by atoms with Gasteiger partial charge in [-0.3, -0.25) is 9.59 Å². The highest BCUT2D eigenvalue weighted by Gasteiger charge is 2.14. The Hall–Kier alpha value is -2.47. The van der Waals surface area contributed by atoms with Gasteiger partial charge in [-0.05, 0) is 37.6 Å². The summed E-state index contributed by atoms with van der Waals surface area (Å²) in [6, 6.07) is 4.55. The lowest BCUT2D eigenvalue weighted by Crippen LogP contribution is -2.27. The fourth-order valence-electron chi connectivity index (χ4n) is 2.23. The van der Waals surface area contributed by atoms with Crippen LogP contribution in [-0.2, 0) is 6.54 Å². The summed E-state index contributed by atoms with van der Waals surface area (Å²) in [5.41, 5.74) is 2.04. The van der Waals surface area contributed by atoms with Crippen LogP contribution in [-0.4, -0.2) is 23.1 Å². The molecule has 0 atom stereocenters. The Morgan fingerprint density at radius 3 is 2.65 bits per heavy atom. The maximum Gasteiger partial charge on any atom is 0.253 e. The van der Waals surface area contributed by atoms with Crippen molar-refractivity contribution in [3.8, 4) is 11.5 Å². The number of benzene rings is 1. The van der Waals surface area contributed by atoms with E-state index in [0.717, 1.165) is 11.3 Å². The van der Waals surface area contributed by atoms with Gasteiger partial charge in [-0.2, -0.15) is 0 Å². The Kier molecular flexibility index (Phi) is 4.95. The first kappa shape index (κ1) is 16.9. The van der Waals surface area contributed by atoms with Crippen molar-refractivity contribution in [2.75, 3.05) is 7.11 Å². The number of halogens is 1. The molecule has 1 heterocycles. The zero-order valence-electron chi connectivity index (χ0n) is 13.0. The molecule has 1 aromatic heterocycles. The average molecular weight is 337 g/mol. The van der Waals surface area contributed by atoms with Gasteiger partial charge in [0.05, 0.1) is 12.1 Å². The Morgan fingerprint density at radius 2 is 2.04 bits per heavy atom. The largest absolute Gasteiger partial charge is 0.503 e. The number of nitrogens with one attached hydrogen (secondary N) is 2. The summed E-state index contributed by atoms with van der Waals surface area (Å²) in [4.78, 5) is 26.8. The number of carbonyl (C=O) groups is 1. The molecule has 1 aromatic carbocycles. The van der Waals surface area contributed by atoms with Crippen LogP contribution in [0.4, 0.5) is 0 Å². The zero-order valence-corrected chi connectivity index (χ0v) is 13.7. The van der Waals surface area contributed by atoms with Gasteiger partial charge >= 0.3 is 0 Å². The van der Waals surface area contributed by atoms with Crippen molar-refractivity contribution in [1.82, 2.24) is 10.3 Å². The van der Waals surface area contributed by atoms with Crippen molar-refractivity contribution < 1.29 is 14.6 Å². The van der Waals surface area contributed by atoms with Gasteiger partial charge in [0.1, 0.15) is 0 Å². The van der Waals surface area contributed by atoms with E-state index in [0.29, 0.717) is 5.56 Å². The molecule has 0 spiro atoms. The molecule has 122 valence electrons. The number of ether oxygens (including phenoxy) is 1. The molecular weight excluding hydrogens is 320 g/mol. The summed E-state index contributed by atoms with van der Waals surface area (Å²) < 4.78 is 4.96. The Labute approximate surface area is 138 Å². The quantitative estimate of drug-likeness (QED) is 0.798. The zero-order chi connectivity index (χ0) is 17.1. The fourth-order valence-corrected chi connectivity index (χ4v) is 2.44. The van der Waals surface area contributed by atoms with E-state index in [2.05, 4.69) is 10.3 Å². The number of aromatic nitrogens is 1. The molecule has 0 bridgehead atoms. The minimum atomic E-state index is -0.426. The molecular formula is C16H17ClN2O4. The average Bonchev–Trinajstić information content (AvgIpc) is 2.48. The molecule has 0 unspecified atom stereocenters. The van der Waals surface area contributed by atoms with Crippen LogP contribution in [0.3, 0.4) is 0 Å². The smallest absolute Gasteiger partial charge is 0.253 e. The summed E-state index contributed by atoms with van der Waals surface area (Å²) in [5.74, 6) is -0.548. The molecule has 0 saturated carbocycles. The first-order chi connectivity index (χ1) is 10.8. The number of amides is 1. The third-order valence-corrected chi connectivity index (χ3v) is 3.72. The Bertz CT molecular complexity index is 814. The molecule has 7 heteroatoms. The number of aromatic hydroxyl groups is 1. The van der Waals surface area contributed by atoms with E-state index in [1.165, 1.54) is 19.2 Å². The summed E-state index contributed by atoms with van der Waals surface area (Å²) in [7, 11) is 1.36. The Balaban J connectivity index is 2.21. The minimum absolute atomic E-state index is 0.0128. The molecule has 6 nitrogen and oxygen atoms in total. The normalized spacial score (nSPS) is 10.4. The molecule has 0 aliphatic carbocycles. The number of phenols is 1. The van der Waals surface area contributed by atoms with Gasteiger partial charge in [0.15, 0.2) is 11.5 Å². The maximum atomic E-state index is 12.2. The van der Waals surface area contributed by atoms with Crippen LogP contribution in [0.1, 0.15) is 27.2 Å². The maximum absolute atomic E-state index is 12.2. The Morgan fingerprint density at radius 1 is 1.35 bits per heavy atom. The van der Waals surface area contributed by atoms with Crippen LogP contribution < -0.4 is 15.6 Å².